The quantitative estimate of drug-likeness (QED) is 0.245. The Bertz CT molecular complexity index is 1300. The Hall–Kier alpha value is -3.58. The molecule has 0 saturated carbocycles. The Balaban J connectivity index is 1.75. The van der Waals surface area contributed by atoms with Gasteiger partial charge in [0.25, 0.3) is 5.56 Å². The van der Waals surface area contributed by atoms with Gasteiger partial charge >= 0.3 is 0 Å². The van der Waals surface area contributed by atoms with Crippen molar-refractivity contribution in [2.45, 2.75) is 5.16 Å². The highest BCUT2D eigenvalue weighted by atomic mass is 32.2. The summed E-state index contributed by atoms with van der Waals surface area (Å²) in [6, 6.07) is 21.4. The molecule has 0 aliphatic carbocycles. The summed E-state index contributed by atoms with van der Waals surface area (Å²) in [5.74, 6) is 1.21. The SMILES string of the molecule is COc1ccc(-n2c(SCC(=O)c3ccccc3OC)nc3ccccc3c2=O)cc1. The van der Waals surface area contributed by atoms with Crippen LogP contribution in [0.25, 0.3) is 16.6 Å². The normalized spacial score (nSPS) is 10.8. The van der Waals surface area contributed by atoms with Crippen LogP contribution in [0.2, 0.25) is 0 Å². The number of fused-ring (bicyclic) bond motifs is 1. The monoisotopic (exact) mass is 432 g/mol. The average Bonchev–Trinajstić information content (AvgIpc) is 2.82. The van der Waals surface area contributed by atoms with Gasteiger partial charge < -0.3 is 9.47 Å². The fourth-order valence-electron chi connectivity index (χ4n) is 3.25. The molecule has 0 N–H and O–H groups in total. The molecule has 156 valence electrons. The number of aromatic nitrogens is 2. The molecular formula is C24H20N2O4S. The third-order valence-electron chi connectivity index (χ3n) is 4.82. The molecule has 1 aromatic heterocycles. The van der Waals surface area contributed by atoms with Gasteiger partial charge in [-0.2, -0.15) is 0 Å². The van der Waals surface area contributed by atoms with Gasteiger partial charge in [-0.25, -0.2) is 4.98 Å². The van der Waals surface area contributed by atoms with E-state index in [0.29, 0.717) is 38.8 Å². The number of ketones is 1. The molecule has 0 aliphatic rings. The van der Waals surface area contributed by atoms with Crippen molar-refractivity contribution in [1.29, 1.82) is 0 Å². The van der Waals surface area contributed by atoms with E-state index in [1.165, 1.54) is 23.4 Å². The van der Waals surface area contributed by atoms with Gasteiger partial charge in [-0.1, -0.05) is 36.0 Å². The number of carbonyl (C=O) groups excluding carboxylic acids is 1. The lowest BCUT2D eigenvalue weighted by Gasteiger charge is -2.14. The topological polar surface area (TPSA) is 70.4 Å². The molecule has 0 spiro atoms. The Morgan fingerprint density at radius 1 is 0.935 bits per heavy atom. The van der Waals surface area contributed by atoms with Crippen molar-refractivity contribution in [2.75, 3.05) is 20.0 Å². The number of para-hydroxylation sites is 2. The highest BCUT2D eigenvalue weighted by molar-refractivity contribution is 7.99. The van der Waals surface area contributed by atoms with Crippen molar-refractivity contribution in [3.8, 4) is 17.2 Å². The minimum absolute atomic E-state index is 0.105. The molecule has 31 heavy (non-hydrogen) atoms. The Morgan fingerprint density at radius 3 is 2.39 bits per heavy atom. The number of Topliss-reactive ketones (excluding diaryl/α,β-unsaturated/α-hetero) is 1. The van der Waals surface area contributed by atoms with Gasteiger partial charge in [-0.05, 0) is 48.5 Å². The third kappa shape index (κ3) is 4.18. The second-order valence-electron chi connectivity index (χ2n) is 6.66. The molecule has 0 fully saturated rings. The van der Waals surface area contributed by atoms with E-state index < -0.39 is 0 Å². The maximum Gasteiger partial charge on any atom is 0.266 e. The first-order chi connectivity index (χ1) is 15.1. The summed E-state index contributed by atoms with van der Waals surface area (Å²) in [6.45, 7) is 0. The van der Waals surface area contributed by atoms with Crippen molar-refractivity contribution >= 4 is 28.4 Å². The molecule has 0 radical (unpaired) electrons. The number of methoxy groups -OCH3 is 2. The highest BCUT2D eigenvalue weighted by Gasteiger charge is 2.17. The zero-order chi connectivity index (χ0) is 21.8. The van der Waals surface area contributed by atoms with Crippen LogP contribution in [0.3, 0.4) is 0 Å². The molecule has 0 saturated heterocycles. The van der Waals surface area contributed by atoms with Gasteiger partial charge in [0.2, 0.25) is 0 Å². The minimum Gasteiger partial charge on any atom is -0.497 e. The number of hydrogen-bond donors (Lipinski definition) is 0. The van der Waals surface area contributed by atoms with Gasteiger partial charge in [0.1, 0.15) is 11.5 Å². The number of hydrogen-bond acceptors (Lipinski definition) is 6. The van der Waals surface area contributed by atoms with E-state index in [-0.39, 0.29) is 17.1 Å². The standard InChI is InChI=1S/C24H20N2O4S/c1-29-17-13-11-16(12-14-17)26-23(28)18-7-3-5-9-20(18)25-24(26)31-15-21(27)19-8-4-6-10-22(19)30-2/h3-14H,15H2,1-2H3. The van der Waals surface area contributed by atoms with Gasteiger partial charge in [-0.15, -0.1) is 0 Å². The van der Waals surface area contributed by atoms with Crippen LogP contribution in [0.5, 0.6) is 11.5 Å². The molecule has 0 aliphatic heterocycles. The third-order valence-corrected chi connectivity index (χ3v) is 5.75. The molecule has 6 nitrogen and oxygen atoms in total. The number of carbonyl (C=O) groups is 1. The van der Waals surface area contributed by atoms with Gasteiger partial charge in [-0.3, -0.25) is 14.2 Å². The van der Waals surface area contributed by atoms with Crippen molar-refractivity contribution in [1.82, 2.24) is 9.55 Å². The van der Waals surface area contributed by atoms with Gasteiger partial charge in [0.15, 0.2) is 10.9 Å². The summed E-state index contributed by atoms with van der Waals surface area (Å²) in [7, 11) is 3.12. The van der Waals surface area contributed by atoms with E-state index in [2.05, 4.69) is 4.98 Å². The van der Waals surface area contributed by atoms with Crippen molar-refractivity contribution < 1.29 is 14.3 Å². The molecule has 0 amide bonds. The van der Waals surface area contributed by atoms with Crippen LogP contribution in [0.4, 0.5) is 0 Å². The van der Waals surface area contributed by atoms with E-state index in [4.69, 9.17) is 9.47 Å². The van der Waals surface area contributed by atoms with Crippen molar-refractivity contribution in [3.63, 3.8) is 0 Å². The van der Waals surface area contributed by atoms with Crippen LogP contribution in [0.15, 0.2) is 82.7 Å². The zero-order valence-electron chi connectivity index (χ0n) is 17.1. The molecule has 0 atom stereocenters. The first-order valence-corrected chi connectivity index (χ1v) is 10.6. The van der Waals surface area contributed by atoms with Crippen LogP contribution >= 0.6 is 11.8 Å². The second kappa shape index (κ2) is 9.06. The first kappa shape index (κ1) is 20.7. The Labute approximate surface area is 183 Å². The van der Waals surface area contributed by atoms with Crippen LogP contribution in [0, 0.1) is 0 Å². The molecule has 3 aromatic carbocycles. The zero-order valence-corrected chi connectivity index (χ0v) is 17.9. The van der Waals surface area contributed by atoms with E-state index in [1.807, 2.05) is 18.2 Å². The van der Waals surface area contributed by atoms with Crippen molar-refractivity contribution in [2.24, 2.45) is 0 Å². The highest BCUT2D eigenvalue weighted by Crippen LogP contribution is 2.25. The average molecular weight is 433 g/mol. The number of benzene rings is 3. The molecule has 4 rings (SSSR count). The summed E-state index contributed by atoms with van der Waals surface area (Å²) in [6.07, 6.45) is 0. The Kier molecular flexibility index (Phi) is 6.04. The number of nitrogens with zero attached hydrogens (tertiary/aromatic N) is 2. The van der Waals surface area contributed by atoms with E-state index in [0.717, 1.165) is 0 Å². The minimum atomic E-state index is -0.192. The molecule has 0 bridgehead atoms. The lowest BCUT2D eigenvalue weighted by Crippen LogP contribution is -2.22. The molecular weight excluding hydrogens is 412 g/mol. The maximum absolute atomic E-state index is 13.3. The van der Waals surface area contributed by atoms with E-state index in [9.17, 15) is 9.59 Å². The fourth-order valence-corrected chi connectivity index (χ4v) is 4.15. The predicted molar refractivity (Wildman–Crippen MR) is 122 cm³/mol. The summed E-state index contributed by atoms with van der Waals surface area (Å²) >= 11 is 1.22. The number of rotatable bonds is 7. The summed E-state index contributed by atoms with van der Waals surface area (Å²) in [5.41, 5.74) is 1.54. The van der Waals surface area contributed by atoms with Gasteiger partial charge in [0.05, 0.1) is 42.1 Å². The second-order valence-corrected chi connectivity index (χ2v) is 7.60. The van der Waals surface area contributed by atoms with Crippen molar-refractivity contribution in [3.05, 3.63) is 88.7 Å². The summed E-state index contributed by atoms with van der Waals surface area (Å²) < 4.78 is 12.0. The lowest BCUT2D eigenvalue weighted by molar-refractivity contribution is 0.101. The van der Waals surface area contributed by atoms with Crippen LogP contribution in [-0.4, -0.2) is 35.3 Å². The van der Waals surface area contributed by atoms with Crippen LogP contribution in [-0.2, 0) is 0 Å². The fraction of sp³-hybridized carbons (Fsp3) is 0.125. The largest absolute Gasteiger partial charge is 0.497 e. The smallest absolute Gasteiger partial charge is 0.266 e. The van der Waals surface area contributed by atoms with Crippen LogP contribution in [0.1, 0.15) is 10.4 Å². The predicted octanol–water partition coefficient (Wildman–Crippen LogP) is 4.38. The number of thioether (sulfide) groups is 1. The van der Waals surface area contributed by atoms with Crippen LogP contribution < -0.4 is 15.0 Å². The summed E-state index contributed by atoms with van der Waals surface area (Å²) in [5, 5.41) is 0.954. The molecule has 7 heteroatoms. The lowest BCUT2D eigenvalue weighted by atomic mass is 10.1. The molecule has 1 heterocycles. The summed E-state index contributed by atoms with van der Waals surface area (Å²) in [4.78, 5) is 30.8. The Morgan fingerprint density at radius 2 is 1.65 bits per heavy atom. The molecule has 4 aromatic rings. The maximum atomic E-state index is 13.3. The first-order valence-electron chi connectivity index (χ1n) is 9.57. The number of ether oxygens (including phenoxy) is 2. The van der Waals surface area contributed by atoms with E-state index in [1.54, 1.807) is 61.7 Å². The van der Waals surface area contributed by atoms with Gasteiger partial charge in [0, 0.05) is 0 Å². The molecule has 0 unspecified atom stereocenters. The van der Waals surface area contributed by atoms with E-state index >= 15 is 0 Å².